The Hall–Kier alpha value is 1.51. The van der Waals surface area contributed by atoms with Crippen LogP contribution < -0.4 is 5.30 Å². The molecule has 2 aromatic rings. The summed E-state index contributed by atoms with van der Waals surface area (Å²) < 4.78 is 0. The molecule has 3 rings (SSSR count). The molecule has 20 heavy (non-hydrogen) atoms. The van der Waals surface area contributed by atoms with Crippen LogP contribution in [0.25, 0.3) is 10.8 Å². The molecule has 0 spiro atoms. The van der Waals surface area contributed by atoms with Crippen LogP contribution in [0, 0.1) is 12.5 Å². The van der Waals surface area contributed by atoms with Gasteiger partial charge in [0.15, 0.2) is 0 Å². The molecule has 0 amide bonds. The molecule has 3 atom stereocenters. The monoisotopic (exact) mass is 448 g/mol. The predicted octanol–water partition coefficient (Wildman–Crippen LogP) is 3.98. The third-order valence-corrected chi connectivity index (χ3v) is 4.66. The van der Waals surface area contributed by atoms with E-state index in [1.807, 2.05) is 6.07 Å². The molecular formula is C16H16P2Y2-2. The molecular weight excluding hydrogens is 432 g/mol. The Balaban J connectivity index is 0.000001000. The molecule has 0 saturated carbocycles. The number of hydrogen-bond acceptors (Lipinski definition) is 0. The van der Waals surface area contributed by atoms with Crippen molar-refractivity contribution in [3.63, 3.8) is 0 Å². The first kappa shape index (κ1) is 19.6. The van der Waals surface area contributed by atoms with Gasteiger partial charge in [-0.1, -0.05) is 29.9 Å². The third-order valence-electron chi connectivity index (χ3n) is 3.56. The number of fused-ring (bicyclic) bond motifs is 1. The van der Waals surface area contributed by atoms with Crippen molar-refractivity contribution >= 4 is 34.6 Å². The van der Waals surface area contributed by atoms with Crippen molar-refractivity contribution in [1.82, 2.24) is 0 Å². The van der Waals surface area contributed by atoms with Gasteiger partial charge in [0.25, 0.3) is 0 Å². The van der Waals surface area contributed by atoms with Gasteiger partial charge in [-0.15, -0.1) is 40.7 Å². The van der Waals surface area contributed by atoms with Gasteiger partial charge in [0.05, 0.1) is 0 Å². The van der Waals surface area contributed by atoms with Crippen LogP contribution in [0.4, 0.5) is 0 Å². The molecule has 0 heterocycles. The average Bonchev–Trinajstić information content (AvgIpc) is 2.40. The van der Waals surface area contributed by atoms with Gasteiger partial charge in [-0.25, -0.2) is 0 Å². The van der Waals surface area contributed by atoms with Crippen molar-refractivity contribution in [3.05, 3.63) is 59.8 Å². The Morgan fingerprint density at radius 2 is 1.95 bits per heavy atom. The number of hydrogen-bond donors (Lipinski definition) is 0. The summed E-state index contributed by atoms with van der Waals surface area (Å²) in [6.45, 7) is 0. The van der Waals surface area contributed by atoms with E-state index in [1.165, 1.54) is 39.8 Å². The molecule has 2 aromatic carbocycles. The first-order valence-corrected chi connectivity index (χ1v) is 7.40. The van der Waals surface area contributed by atoms with Crippen LogP contribution in [-0.2, 0) is 65.4 Å². The van der Waals surface area contributed by atoms with Gasteiger partial charge in [-0.2, -0.15) is 30.7 Å². The van der Waals surface area contributed by atoms with Crippen LogP contribution in [0.5, 0.6) is 0 Å². The van der Waals surface area contributed by atoms with E-state index in [-0.39, 0.29) is 65.4 Å². The summed E-state index contributed by atoms with van der Waals surface area (Å²) in [7, 11) is 5.78. The average molecular weight is 448 g/mol. The Bertz CT molecular complexity index is 623. The van der Waals surface area contributed by atoms with E-state index in [1.54, 1.807) is 0 Å². The van der Waals surface area contributed by atoms with Crippen molar-refractivity contribution < 1.29 is 65.4 Å². The minimum absolute atomic E-state index is 0. The van der Waals surface area contributed by atoms with Gasteiger partial charge in [-0.3, -0.25) is 0 Å². The summed E-state index contributed by atoms with van der Waals surface area (Å²) in [5.74, 6) is 0.427. The van der Waals surface area contributed by atoms with Crippen molar-refractivity contribution in [2.24, 2.45) is 0 Å². The second-order valence-corrected chi connectivity index (χ2v) is 6.00. The molecule has 1 aliphatic carbocycles. The molecule has 2 unspecified atom stereocenters. The molecule has 0 saturated heterocycles. The number of benzene rings is 2. The molecule has 1 aliphatic rings. The zero-order chi connectivity index (χ0) is 12.5. The topological polar surface area (TPSA) is 0 Å². The van der Waals surface area contributed by atoms with Crippen LogP contribution in [0.15, 0.2) is 41.7 Å². The summed E-state index contributed by atoms with van der Waals surface area (Å²) in [5, 5.41) is 5.30. The molecule has 0 aromatic heterocycles. The minimum atomic E-state index is 0. The van der Waals surface area contributed by atoms with Crippen LogP contribution in [-0.4, -0.2) is 0 Å². The standard InChI is InChI=1S/C16H16P2.2Y/c17-14-8-4-3-7-13(14)16-12-6-2-1-5-11(12)9-10-15(16)18;;/h1,5-10,13H,3-4,17-18H2;;/q-2;;/t13-;;/m1../s1. The molecule has 0 N–H and O–H groups in total. The van der Waals surface area contributed by atoms with E-state index in [2.05, 4.69) is 61.3 Å². The van der Waals surface area contributed by atoms with Crippen LogP contribution in [0.3, 0.4) is 0 Å². The van der Waals surface area contributed by atoms with Crippen molar-refractivity contribution in [1.29, 1.82) is 0 Å². The summed E-state index contributed by atoms with van der Waals surface area (Å²) in [5.41, 5.74) is 1.41. The Labute approximate surface area is 176 Å². The molecule has 0 bridgehead atoms. The number of rotatable bonds is 1. The van der Waals surface area contributed by atoms with E-state index in [9.17, 15) is 0 Å². The maximum absolute atomic E-state index is 3.21. The molecule has 0 nitrogen and oxygen atoms in total. The van der Waals surface area contributed by atoms with Crippen molar-refractivity contribution in [2.45, 2.75) is 18.8 Å². The van der Waals surface area contributed by atoms with E-state index in [4.69, 9.17) is 0 Å². The summed E-state index contributed by atoms with van der Waals surface area (Å²) in [4.78, 5) is 0. The second kappa shape index (κ2) is 8.96. The normalized spacial score (nSPS) is 17.9. The van der Waals surface area contributed by atoms with Crippen molar-refractivity contribution in [2.75, 3.05) is 0 Å². The first-order chi connectivity index (χ1) is 8.77. The smallest absolute Gasteiger partial charge is 0 e. The maximum Gasteiger partial charge on any atom is 0 e. The van der Waals surface area contributed by atoms with Crippen molar-refractivity contribution in [3.8, 4) is 0 Å². The van der Waals surface area contributed by atoms with Gasteiger partial charge in [0, 0.05) is 65.4 Å². The fourth-order valence-corrected chi connectivity index (χ4v) is 3.55. The Morgan fingerprint density at radius 3 is 2.70 bits per heavy atom. The second-order valence-electron chi connectivity index (χ2n) is 4.71. The summed E-state index contributed by atoms with van der Waals surface area (Å²) in [6, 6.07) is 13.8. The first-order valence-electron chi connectivity index (χ1n) is 6.24. The number of allylic oxidation sites excluding steroid dienone is 2. The van der Waals surface area contributed by atoms with Gasteiger partial charge in [0.1, 0.15) is 0 Å². The predicted molar refractivity (Wildman–Crippen MR) is 86.2 cm³/mol. The van der Waals surface area contributed by atoms with E-state index >= 15 is 0 Å². The van der Waals surface area contributed by atoms with Gasteiger partial charge in [-0.05, 0) is 5.30 Å². The third kappa shape index (κ3) is 4.07. The van der Waals surface area contributed by atoms with Gasteiger partial charge in [0.2, 0.25) is 0 Å². The zero-order valence-electron chi connectivity index (χ0n) is 11.3. The van der Waals surface area contributed by atoms with E-state index < -0.39 is 0 Å². The molecule has 4 heteroatoms. The largest absolute Gasteiger partial charge is 0.318 e. The maximum atomic E-state index is 3.21. The van der Waals surface area contributed by atoms with E-state index in [0.717, 1.165) is 0 Å². The Morgan fingerprint density at radius 1 is 1.15 bits per heavy atom. The molecule has 0 fully saturated rings. The van der Waals surface area contributed by atoms with Crippen LogP contribution in [0.2, 0.25) is 0 Å². The molecule has 0 aliphatic heterocycles. The fraction of sp³-hybridized carbons (Fsp3) is 0.188. The minimum Gasteiger partial charge on any atom is -0.318 e. The molecule has 98 valence electrons. The molecule has 2 radical (unpaired) electrons. The summed E-state index contributed by atoms with van der Waals surface area (Å²) in [6.07, 6.45) is 7.10. The SMILES string of the molecule is PC1=CCC[CH-][C@H]1c1c(P)ccc2cc[c-]cc12.[Y].[Y]. The van der Waals surface area contributed by atoms with Gasteiger partial charge < -0.3 is 6.42 Å². The Kier molecular flexibility index (Phi) is 8.76. The quantitative estimate of drug-likeness (QED) is 0.458. The van der Waals surface area contributed by atoms with Crippen LogP contribution >= 0.6 is 18.5 Å². The van der Waals surface area contributed by atoms with Crippen LogP contribution in [0.1, 0.15) is 24.3 Å². The summed E-state index contributed by atoms with van der Waals surface area (Å²) >= 11 is 0. The fourth-order valence-electron chi connectivity index (χ4n) is 2.65. The zero-order valence-corrected chi connectivity index (χ0v) is 19.3. The van der Waals surface area contributed by atoms with E-state index in [0.29, 0.717) is 5.92 Å². The van der Waals surface area contributed by atoms with Gasteiger partial charge >= 0.3 is 0 Å².